The highest BCUT2D eigenvalue weighted by Gasteiger charge is 2.38. The van der Waals surface area contributed by atoms with Gasteiger partial charge in [0.25, 0.3) is 11.4 Å². The van der Waals surface area contributed by atoms with Crippen LogP contribution in [0, 0.1) is 35.8 Å². The summed E-state index contributed by atoms with van der Waals surface area (Å²) in [6, 6.07) is 12.9. The first-order valence-electron chi connectivity index (χ1n) is 18.9. The Hall–Kier alpha value is -7.66. The second-order valence-corrected chi connectivity index (χ2v) is 12.8. The molecule has 0 aliphatic heterocycles. The van der Waals surface area contributed by atoms with Crippen molar-refractivity contribution >= 4 is 46.2 Å². The van der Waals surface area contributed by atoms with E-state index in [2.05, 4.69) is 9.69 Å². The smallest absolute Gasteiger partial charge is 0.306 e. The van der Waals surface area contributed by atoms with E-state index >= 15 is 0 Å². The maximum absolute atomic E-state index is 13.1. The molecule has 2 N–H and O–H groups in total. The molecule has 16 nitrogen and oxygen atoms in total. The second kappa shape index (κ2) is 21.8. The van der Waals surface area contributed by atoms with Crippen molar-refractivity contribution in [2.45, 2.75) is 33.6 Å². The summed E-state index contributed by atoms with van der Waals surface area (Å²) in [4.78, 5) is 61.1. The topological polar surface area (TPSA) is 208 Å². The zero-order valence-corrected chi connectivity index (χ0v) is 33.3. The van der Waals surface area contributed by atoms with Crippen molar-refractivity contribution in [3.8, 4) is 23.6 Å². The highest BCUT2D eigenvalue weighted by molar-refractivity contribution is 6.41. The number of rotatable bonds is 19. The summed E-state index contributed by atoms with van der Waals surface area (Å²) in [6.07, 6.45) is 4.28. The minimum absolute atomic E-state index is 0.000611. The Morgan fingerprint density at radius 1 is 0.767 bits per heavy atom. The molecule has 2 aromatic carbocycles. The van der Waals surface area contributed by atoms with Crippen LogP contribution in [0.1, 0.15) is 39.2 Å². The first-order chi connectivity index (χ1) is 29.0. The number of likely N-dealkylation sites (N-methyl/N-ethyl adjacent to an activating group) is 2. The van der Waals surface area contributed by atoms with Gasteiger partial charge in [-0.1, -0.05) is 12.1 Å². The minimum Gasteiger partial charge on any atom is -0.506 e. The van der Waals surface area contributed by atoms with E-state index in [-0.39, 0.29) is 107 Å². The number of Topliss-reactive ketones (excluding diaryl/α,β-unsaturated/α-hetero) is 1. The molecule has 4 rings (SSSR count). The third-order valence-electron chi connectivity index (χ3n) is 9.33. The average molecular weight is 815 g/mol. The lowest BCUT2D eigenvalue weighted by atomic mass is 9.79. The monoisotopic (exact) mass is 814 g/mol. The minimum atomic E-state index is -0.712. The fraction of sp³-hybridized carbons (Fsp3) is 0.318. The van der Waals surface area contributed by atoms with Crippen LogP contribution in [0.3, 0.4) is 0 Å². The van der Waals surface area contributed by atoms with Gasteiger partial charge in [0.2, 0.25) is 5.78 Å². The summed E-state index contributed by atoms with van der Waals surface area (Å²) < 4.78 is 21.6. The van der Waals surface area contributed by atoms with Crippen LogP contribution in [0.25, 0.3) is 26.7 Å². The number of ether oxygens (including phenoxy) is 4. The molecule has 0 aromatic heterocycles. The summed E-state index contributed by atoms with van der Waals surface area (Å²) in [7, 11) is 0. The van der Waals surface area contributed by atoms with Crippen molar-refractivity contribution in [3.63, 3.8) is 0 Å². The average Bonchev–Trinajstić information content (AvgIpc) is 3.25. The largest absolute Gasteiger partial charge is 0.506 e. The molecule has 0 heterocycles. The normalized spacial score (nSPS) is 15.2. The molecule has 308 valence electrons. The van der Waals surface area contributed by atoms with E-state index in [0.29, 0.717) is 18.7 Å². The van der Waals surface area contributed by atoms with E-state index < -0.39 is 17.7 Å². The molecule has 0 amide bonds. The standard InChI is InChI=1S/C44H42N6O10/c1-6-49(7-2)30-13-14-31(36(52)23-30)42-43(55)41(44(42)56)28-9-11-29(12-10-28)50(8-3)17-19-59-39(53)15-16-40(54)60-22-21-58-38-25-32(34(26-45)47-4)37(57-20-18-51)24-33(38)35(27-46)48-5/h9-14,23-25,51,55H,6-8,15-22H2,1-3H3/b34-32+,35-33-,42-31?. The van der Waals surface area contributed by atoms with Crippen molar-refractivity contribution in [2.75, 3.05) is 64.1 Å². The van der Waals surface area contributed by atoms with Gasteiger partial charge in [-0.3, -0.25) is 19.2 Å². The van der Waals surface area contributed by atoms with Gasteiger partial charge in [0.1, 0.15) is 43.7 Å². The summed E-state index contributed by atoms with van der Waals surface area (Å²) in [5.41, 5.74) is 1.56. The van der Waals surface area contributed by atoms with Gasteiger partial charge in [0, 0.05) is 53.1 Å². The van der Waals surface area contributed by atoms with E-state index in [0.717, 1.165) is 24.5 Å². The zero-order valence-electron chi connectivity index (χ0n) is 33.3. The summed E-state index contributed by atoms with van der Waals surface area (Å²) in [5.74, 6) is -2.39. The van der Waals surface area contributed by atoms with E-state index in [1.165, 1.54) is 18.2 Å². The van der Waals surface area contributed by atoms with Gasteiger partial charge in [-0.25, -0.2) is 20.2 Å². The Balaban J connectivity index is 1.27. The molecule has 0 radical (unpaired) electrons. The van der Waals surface area contributed by atoms with E-state index in [4.69, 9.17) is 32.1 Å². The number of aliphatic hydroxyl groups is 2. The molecule has 0 atom stereocenters. The first kappa shape index (κ1) is 45.0. The predicted octanol–water partition coefficient (Wildman–Crippen LogP) is 3.44. The lowest BCUT2D eigenvalue weighted by Crippen LogP contribution is -2.28. The molecule has 0 bridgehead atoms. The van der Waals surface area contributed by atoms with Crippen LogP contribution < -0.4 is 24.8 Å². The van der Waals surface area contributed by atoms with Crippen LogP contribution in [-0.2, 0) is 28.7 Å². The molecule has 0 unspecified atom stereocenters. The molecular formula is C44H42N6O10. The highest BCUT2D eigenvalue weighted by atomic mass is 16.6. The number of ketones is 2. The summed E-state index contributed by atoms with van der Waals surface area (Å²) >= 11 is 0. The van der Waals surface area contributed by atoms with Gasteiger partial charge in [-0.15, -0.1) is 0 Å². The van der Waals surface area contributed by atoms with Crippen LogP contribution in [0.4, 0.5) is 5.69 Å². The molecule has 2 aliphatic carbocycles. The second-order valence-electron chi connectivity index (χ2n) is 12.8. The van der Waals surface area contributed by atoms with E-state index in [1.54, 1.807) is 48.6 Å². The number of hydrogen-bond acceptors (Lipinski definition) is 14. The number of carbonyl (C=O) groups is 4. The maximum atomic E-state index is 13.1. The summed E-state index contributed by atoms with van der Waals surface area (Å²) in [6.45, 7) is 21.8. The fourth-order valence-electron chi connectivity index (χ4n) is 6.27. The number of hydrogen-bond donors (Lipinski definition) is 2. The highest BCUT2D eigenvalue weighted by Crippen LogP contribution is 2.39. The van der Waals surface area contributed by atoms with Gasteiger partial charge in [-0.2, -0.15) is 0 Å². The number of carbonyl (C=O) groups excluding carboxylic acids is 4. The predicted molar refractivity (Wildman–Crippen MR) is 217 cm³/mol. The van der Waals surface area contributed by atoms with Crippen LogP contribution in [0.2, 0.25) is 0 Å². The number of benzene rings is 2. The Kier molecular flexibility index (Phi) is 16.3. The number of anilines is 1. The first-order valence-corrected chi connectivity index (χ1v) is 18.9. The van der Waals surface area contributed by atoms with Crippen LogP contribution in [0.15, 0.2) is 77.2 Å². The van der Waals surface area contributed by atoms with Gasteiger partial charge < -0.3 is 39.0 Å². The lowest BCUT2D eigenvalue weighted by Gasteiger charge is -2.27. The Morgan fingerprint density at radius 2 is 1.32 bits per heavy atom. The number of nitrogens with zero attached hydrogens (tertiary/aromatic N) is 6. The molecule has 0 spiro atoms. The van der Waals surface area contributed by atoms with Crippen molar-refractivity contribution in [1.29, 1.82) is 10.5 Å². The Bertz CT molecular complexity index is 2420. The third-order valence-corrected chi connectivity index (χ3v) is 9.33. The molecule has 0 saturated carbocycles. The van der Waals surface area contributed by atoms with Gasteiger partial charge in [-0.05, 0) is 62.8 Å². The van der Waals surface area contributed by atoms with Crippen LogP contribution >= 0.6 is 0 Å². The van der Waals surface area contributed by atoms with Gasteiger partial charge in [0.15, 0.2) is 5.78 Å². The Labute approximate surface area is 346 Å². The molecule has 60 heavy (non-hydrogen) atoms. The number of aliphatic hydroxyl groups excluding tert-OH is 2. The van der Waals surface area contributed by atoms with Crippen molar-refractivity contribution in [3.05, 3.63) is 116 Å². The zero-order chi connectivity index (χ0) is 43.8. The molecule has 16 heteroatoms. The SMILES string of the molecule is [C-]#[N+]/C(C#N)=c1/cc(OCCO)/c(=C(\C#N)[N+]#[C-])cc1OCCOC(=O)CCC(=O)OCCN(CC)c1ccc(C2=C(O)C(=C3C=CC(N(CC)CC)=CC3=O)C2=O)cc1. The van der Waals surface area contributed by atoms with Crippen molar-refractivity contribution < 1.29 is 48.3 Å². The summed E-state index contributed by atoms with van der Waals surface area (Å²) in [5, 5.41) is 38.9. The molecule has 0 saturated heterocycles. The van der Waals surface area contributed by atoms with Crippen molar-refractivity contribution in [1.82, 2.24) is 4.90 Å². The van der Waals surface area contributed by atoms with Gasteiger partial charge >= 0.3 is 11.9 Å². The fourth-order valence-corrected chi connectivity index (χ4v) is 6.27. The lowest BCUT2D eigenvalue weighted by molar-refractivity contribution is -0.150. The third kappa shape index (κ3) is 10.6. The molecule has 0 fully saturated rings. The van der Waals surface area contributed by atoms with Crippen LogP contribution in [0.5, 0.6) is 11.5 Å². The molecule has 2 aliphatic rings. The van der Waals surface area contributed by atoms with Gasteiger partial charge in [0.05, 0.1) is 62.4 Å². The number of allylic oxidation sites excluding steroid dienone is 6. The van der Waals surface area contributed by atoms with E-state index in [9.17, 15) is 39.9 Å². The number of nitriles is 2. The van der Waals surface area contributed by atoms with Crippen molar-refractivity contribution in [2.24, 2.45) is 0 Å². The van der Waals surface area contributed by atoms with Crippen LogP contribution in [-0.4, -0.2) is 97.8 Å². The van der Waals surface area contributed by atoms with E-state index in [1.807, 2.05) is 30.6 Å². The molecular weight excluding hydrogens is 773 g/mol. The quantitative estimate of drug-likeness (QED) is 0.0902. The molecule has 2 aromatic rings. The maximum Gasteiger partial charge on any atom is 0.306 e. The number of esters is 2. The Morgan fingerprint density at radius 3 is 1.80 bits per heavy atom.